The number of nitrogens with zero attached hydrogens (tertiary/aromatic N) is 2. The Morgan fingerprint density at radius 3 is 2.65 bits per heavy atom. The van der Waals surface area contributed by atoms with Crippen LogP contribution in [0.2, 0.25) is 0 Å². The third-order valence-electron chi connectivity index (χ3n) is 5.50. The Morgan fingerprint density at radius 1 is 1.27 bits per heavy atom. The summed E-state index contributed by atoms with van der Waals surface area (Å²) in [7, 11) is 0. The highest BCUT2D eigenvalue weighted by Crippen LogP contribution is 2.15. The van der Waals surface area contributed by atoms with E-state index < -0.39 is 6.10 Å². The number of aliphatic imine (C=N–C) groups is 1. The summed E-state index contributed by atoms with van der Waals surface area (Å²) in [6.07, 6.45) is 14.4. The van der Waals surface area contributed by atoms with Gasteiger partial charge >= 0.3 is 5.97 Å². The van der Waals surface area contributed by atoms with E-state index in [1.165, 1.54) is 12.3 Å². The summed E-state index contributed by atoms with van der Waals surface area (Å²) in [6.45, 7) is 16.3. The van der Waals surface area contributed by atoms with Crippen molar-refractivity contribution < 1.29 is 24.2 Å². The largest absolute Gasteiger partial charge is 0.512 e. The third kappa shape index (κ3) is 14.2. The number of aliphatic hydroxyl groups is 2. The van der Waals surface area contributed by atoms with Gasteiger partial charge in [-0.05, 0) is 38.8 Å². The van der Waals surface area contributed by atoms with Crippen LogP contribution in [0.4, 0.5) is 0 Å². The van der Waals surface area contributed by atoms with E-state index in [1.807, 2.05) is 58.9 Å². The van der Waals surface area contributed by atoms with E-state index in [4.69, 9.17) is 9.15 Å². The summed E-state index contributed by atoms with van der Waals surface area (Å²) in [6, 6.07) is 0. The highest BCUT2D eigenvalue weighted by Gasteiger charge is 2.14. The minimum atomic E-state index is -0.852. The quantitative estimate of drug-likeness (QED) is 0.108. The number of ether oxygens (including phenoxy) is 1. The van der Waals surface area contributed by atoms with E-state index in [-0.39, 0.29) is 35.9 Å². The Morgan fingerprint density at radius 2 is 2.00 bits per heavy atom. The molecule has 204 valence electrons. The van der Waals surface area contributed by atoms with Crippen molar-refractivity contribution in [1.29, 1.82) is 0 Å². The number of aliphatic hydroxyl groups excluding tert-OH is 2. The second-order valence-electron chi connectivity index (χ2n) is 9.56. The van der Waals surface area contributed by atoms with Gasteiger partial charge in [-0.25, -0.2) is 4.98 Å². The van der Waals surface area contributed by atoms with Crippen LogP contribution in [-0.4, -0.2) is 46.1 Å². The Labute approximate surface area is 222 Å². The Kier molecular flexibility index (Phi) is 14.9. The molecule has 1 unspecified atom stereocenters. The van der Waals surface area contributed by atoms with Crippen molar-refractivity contribution in [3.63, 3.8) is 0 Å². The number of hydrogen-bond acceptors (Lipinski definition) is 7. The standard InChI is InChI=1S/C30H44N2O5/c1-8-9-12-24(6)30(35)37-19-23(5)13-14-25(7)31-15-10-11-22(4)16-26(33)17-27(34)18-29-32-28(20-36-29)21(2)3/h10-11,13-14,16,18,20,23-24,26,33-34H,2,8-9,12,15,17,19H2,1,3-7H3/b11-10+,14-13+,22-16+,27-18+,31-25?/t23-,24?,26-/m1/s1. The van der Waals surface area contributed by atoms with Crippen LogP contribution in [-0.2, 0) is 9.53 Å². The fourth-order valence-corrected chi connectivity index (χ4v) is 3.21. The lowest BCUT2D eigenvalue weighted by molar-refractivity contribution is -0.149. The molecule has 0 aromatic carbocycles. The maximum Gasteiger partial charge on any atom is 0.308 e. The van der Waals surface area contributed by atoms with Crippen LogP contribution in [0.15, 0.2) is 64.0 Å². The van der Waals surface area contributed by atoms with Gasteiger partial charge in [-0.3, -0.25) is 9.79 Å². The molecular formula is C30H44N2O5. The molecule has 0 saturated heterocycles. The highest BCUT2D eigenvalue weighted by molar-refractivity contribution is 5.92. The van der Waals surface area contributed by atoms with Crippen molar-refractivity contribution in [2.24, 2.45) is 16.8 Å². The second kappa shape index (κ2) is 17.3. The zero-order valence-electron chi connectivity index (χ0n) is 23.2. The van der Waals surface area contributed by atoms with Gasteiger partial charge in [-0.15, -0.1) is 0 Å². The van der Waals surface area contributed by atoms with Gasteiger partial charge in [0.25, 0.3) is 0 Å². The lowest BCUT2D eigenvalue weighted by Crippen LogP contribution is -2.17. The first-order valence-electron chi connectivity index (χ1n) is 12.9. The molecule has 0 bridgehead atoms. The molecule has 0 spiro atoms. The average Bonchev–Trinajstić information content (AvgIpc) is 3.30. The number of unbranched alkanes of at least 4 members (excludes halogenated alkanes) is 1. The van der Waals surface area contributed by atoms with Crippen molar-refractivity contribution in [3.05, 3.63) is 66.1 Å². The molecule has 3 atom stereocenters. The topological polar surface area (TPSA) is 105 Å². The van der Waals surface area contributed by atoms with Gasteiger partial charge in [0, 0.05) is 24.1 Å². The number of esters is 1. The fourth-order valence-electron chi connectivity index (χ4n) is 3.21. The van der Waals surface area contributed by atoms with Crippen molar-refractivity contribution in [1.82, 2.24) is 4.98 Å². The predicted octanol–water partition coefficient (Wildman–Crippen LogP) is 6.88. The molecule has 0 radical (unpaired) electrons. The van der Waals surface area contributed by atoms with E-state index in [2.05, 4.69) is 23.5 Å². The fraction of sp³-hybridized carbons (Fsp3) is 0.500. The molecule has 1 heterocycles. The minimum Gasteiger partial charge on any atom is -0.512 e. The average molecular weight is 513 g/mol. The predicted molar refractivity (Wildman–Crippen MR) is 151 cm³/mol. The van der Waals surface area contributed by atoms with Gasteiger partial charge < -0.3 is 19.4 Å². The zero-order valence-corrected chi connectivity index (χ0v) is 23.2. The van der Waals surface area contributed by atoms with Crippen LogP contribution in [0, 0.1) is 11.8 Å². The molecule has 1 aromatic rings. The molecular weight excluding hydrogens is 468 g/mol. The molecule has 1 rings (SSSR count). The third-order valence-corrected chi connectivity index (χ3v) is 5.50. The monoisotopic (exact) mass is 512 g/mol. The molecule has 0 saturated carbocycles. The van der Waals surface area contributed by atoms with Crippen molar-refractivity contribution in [2.45, 2.75) is 73.3 Å². The van der Waals surface area contributed by atoms with Crippen LogP contribution in [0.5, 0.6) is 0 Å². The van der Waals surface area contributed by atoms with Crippen LogP contribution >= 0.6 is 0 Å². The molecule has 0 aliphatic rings. The molecule has 0 fully saturated rings. The van der Waals surface area contributed by atoms with Gasteiger partial charge in [0.15, 0.2) is 0 Å². The summed E-state index contributed by atoms with van der Waals surface area (Å²) >= 11 is 0. The number of aromatic nitrogens is 1. The summed E-state index contributed by atoms with van der Waals surface area (Å²) in [5.41, 5.74) is 3.12. The number of carbonyl (C=O) groups is 1. The highest BCUT2D eigenvalue weighted by atomic mass is 16.5. The summed E-state index contributed by atoms with van der Waals surface area (Å²) < 4.78 is 10.7. The SMILES string of the molecule is C=C(C)c1coc(/C=C(/O)C[C@H](O)/C=C(C)/C=C/CN=C(C)/C=C/[C@@H](C)COC(=O)C(C)CCCC)n1. The van der Waals surface area contributed by atoms with Gasteiger partial charge in [0.05, 0.1) is 25.2 Å². The Hall–Kier alpha value is -3.19. The smallest absolute Gasteiger partial charge is 0.308 e. The molecule has 1 aromatic heterocycles. The molecule has 0 amide bonds. The van der Waals surface area contributed by atoms with E-state index in [0.717, 1.165) is 36.1 Å². The van der Waals surface area contributed by atoms with Gasteiger partial charge in [0.1, 0.15) is 17.7 Å². The molecule has 7 nitrogen and oxygen atoms in total. The van der Waals surface area contributed by atoms with E-state index in [9.17, 15) is 15.0 Å². The van der Waals surface area contributed by atoms with Crippen molar-refractivity contribution >= 4 is 23.3 Å². The van der Waals surface area contributed by atoms with Crippen molar-refractivity contribution in [2.75, 3.05) is 13.2 Å². The van der Waals surface area contributed by atoms with Gasteiger partial charge in [-0.1, -0.05) is 70.1 Å². The van der Waals surface area contributed by atoms with Crippen LogP contribution in [0.25, 0.3) is 11.6 Å². The number of rotatable bonds is 16. The molecule has 2 N–H and O–H groups in total. The van der Waals surface area contributed by atoms with Gasteiger partial charge in [0.2, 0.25) is 5.89 Å². The molecule has 7 heteroatoms. The summed E-state index contributed by atoms with van der Waals surface area (Å²) in [4.78, 5) is 20.7. The molecule has 37 heavy (non-hydrogen) atoms. The Bertz CT molecular complexity index is 1010. The van der Waals surface area contributed by atoms with E-state index >= 15 is 0 Å². The Balaban J connectivity index is 2.45. The maximum absolute atomic E-state index is 12.0. The first-order chi connectivity index (χ1) is 17.5. The second-order valence-corrected chi connectivity index (χ2v) is 9.56. The van der Waals surface area contributed by atoms with Crippen molar-refractivity contribution in [3.8, 4) is 0 Å². The minimum absolute atomic E-state index is 0.0299. The normalized spacial score (nSPS) is 15.8. The maximum atomic E-state index is 12.0. The lowest BCUT2D eigenvalue weighted by Gasteiger charge is -2.12. The number of allylic oxidation sites excluding steroid dienone is 4. The molecule has 0 aliphatic carbocycles. The van der Waals surface area contributed by atoms with Gasteiger partial charge in [-0.2, -0.15) is 0 Å². The zero-order chi connectivity index (χ0) is 27.8. The van der Waals surface area contributed by atoms with Crippen LogP contribution < -0.4 is 0 Å². The van der Waals surface area contributed by atoms with E-state index in [0.29, 0.717) is 18.8 Å². The molecule has 0 aliphatic heterocycles. The first-order valence-corrected chi connectivity index (χ1v) is 12.9. The summed E-state index contributed by atoms with van der Waals surface area (Å²) in [5.74, 6) is 0.157. The number of carbonyl (C=O) groups excluding carboxylic acids is 1. The lowest BCUT2D eigenvalue weighted by atomic mass is 10.0. The van der Waals surface area contributed by atoms with Crippen LogP contribution in [0.1, 0.15) is 78.8 Å². The number of hydrogen-bond donors (Lipinski definition) is 2. The van der Waals surface area contributed by atoms with Crippen LogP contribution in [0.3, 0.4) is 0 Å². The first kappa shape index (κ1) is 31.8. The van der Waals surface area contributed by atoms with E-state index in [1.54, 1.807) is 6.08 Å². The number of oxazole rings is 1. The summed E-state index contributed by atoms with van der Waals surface area (Å²) in [5, 5.41) is 20.3.